The number of aromatic nitrogens is 8. The van der Waals surface area contributed by atoms with Crippen molar-refractivity contribution in [2.75, 3.05) is 5.43 Å². The summed E-state index contributed by atoms with van der Waals surface area (Å²) in [6.07, 6.45) is -12.6. The number of nitrogens with one attached hydrogen (secondary N) is 1. The number of nitrogen functional groups attached to an aromatic ring is 1. The molecule has 0 radical (unpaired) electrons. The number of anilines is 1. The lowest BCUT2D eigenvalue weighted by Crippen LogP contribution is -2.17. The van der Waals surface area contributed by atoms with Gasteiger partial charge in [-0.1, -0.05) is 53.8 Å². The van der Waals surface area contributed by atoms with Crippen molar-refractivity contribution in [2.24, 2.45) is 5.84 Å². The maximum Gasteiger partial charge on any atom is 0.420 e. The van der Waals surface area contributed by atoms with Crippen molar-refractivity contribution >= 4 is 57.9 Å². The highest BCUT2D eigenvalue weighted by molar-refractivity contribution is 6.31. The Balaban J connectivity index is 0.000000297. The zero-order valence-corrected chi connectivity index (χ0v) is 20.9. The SMILES string of the molecule is C.FC(F)(F)c1cc(Cl)nn2cnnc12.FC(F)(F)c1cc(Cl)nnc1Cl.NNc1nnc(Cl)cc1C(F)(F)F. The van der Waals surface area contributed by atoms with Crippen molar-refractivity contribution in [3.8, 4) is 0 Å². The number of hydrogen-bond acceptors (Lipinski definition) is 9. The molecule has 3 N–H and O–H groups in total. The van der Waals surface area contributed by atoms with E-state index in [9.17, 15) is 39.5 Å². The minimum absolute atomic E-state index is 0. The van der Waals surface area contributed by atoms with E-state index in [0.717, 1.165) is 10.8 Å². The molecule has 0 saturated heterocycles. The van der Waals surface area contributed by atoms with Crippen LogP contribution in [0.1, 0.15) is 24.1 Å². The molecule has 220 valence electrons. The predicted molar refractivity (Wildman–Crippen MR) is 124 cm³/mol. The molecule has 0 saturated carbocycles. The van der Waals surface area contributed by atoms with Crippen LogP contribution in [0.2, 0.25) is 20.6 Å². The molecule has 0 fully saturated rings. The average molecular weight is 668 g/mol. The summed E-state index contributed by atoms with van der Waals surface area (Å²) in [6, 6.07) is 1.98. The van der Waals surface area contributed by atoms with E-state index in [1.165, 1.54) is 0 Å². The monoisotopic (exact) mass is 666 g/mol. The molecule has 4 aromatic heterocycles. The van der Waals surface area contributed by atoms with Gasteiger partial charge in [-0.15, -0.1) is 30.6 Å². The highest BCUT2D eigenvalue weighted by Gasteiger charge is 2.36. The minimum atomic E-state index is -4.55. The van der Waals surface area contributed by atoms with Crippen LogP contribution in [0.4, 0.5) is 45.3 Å². The third-order valence-corrected chi connectivity index (χ3v) is 4.61. The lowest BCUT2D eigenvalue weighted by atomic mass is 10.3. The van der Waals surface area contributed by atoms with Gasteiger partial charge in [0.1, 0.15) is 17.5 Å². The van der Waals surface area contributed by atoms with Gasteiger partial charge >= 0.3 is 18.5 Å². The van der Waals surface area contributed by atoms with Crippen molar-refractivity contribution in [1.82, 2.24) is 40.2 Å². The first-order chi connectivity index (χ1) is 17.8. The summed E-state index contributed by atoms with van der Waals surface area (Å²) in [5, 5.41) is 21.0. The molecule has 0 aliphatic carbocycles. The lowest BCUT2D eigenvalue weighted by Gasteiger charge is -2.09. The second-order valence-corrected chi connectivity index (χ2v) is 7.94. The number of hydrogen-bond donors (Lipinski definition) is 2. The van der Waals surface area contributed by atoms with Crippen LogP contribution in [-0.4, -0.2) is 40.2 Å². The van der Waals surface area contributed by atoms with Crippen LogP contribution in [0.3, 0.4) is 0 Å². The van der Waals surface area contributed by atoms with Gasteiger partial charge in [0, 0.05) is 0 Å². The third kappa shape index (κ3) is 9.58. The lowest BCUT2D eigenvalue weighted by molar-refractivity contribution is -0.138. The van der Waals surface area contributed by atoms with Gasteiger partial charge in [0.2, 0.25) is 0 Å². The molecule has 40 heavy (non-hydrogen) atoms. The second-order valence-electron chi connectivity index (χ2n) is 6.42. The molecule has 0 bridgehead atoms. The smallest absolute Gasteiger partial charge is 0.306 e. The molecule has 4 rings (SSSR count). The topological polar surface area (TPSA) is 133 Å². The zero-order valence-electron chi connectivity index (χ0n) is 17.9. The summed E-state index contributed by atoms with van der Waals surface area (Å²) in [5.74, 6) is 4.24. The summed E-state index contributed by atoms with van der Waals surface area (Å²) < 4.78 is 111. The number of nitrogens with zero attached hydrogens (tertiary/aromatic N) is 8. The van der Waals surface area contributed by atoms with Gasteiger partial charge in [-0.05, 0) is 18.2 Å². The van der Waals surface area contributed by atoms with E-state index in [1.807, 2.05) is 0 Å². The maximum absolute atomic E-state index is 12.4. The molecule has 0 aromatic carbocycles. The third-order valence-electron chi connectivity index (χ3n) is 3.77. The molecule has 23 heteroatoms. The van der Waals surface area contributed by atoms with Gasteiger partial charge < -0.3 is 5.43 Å². The number of nitrogens with two attached hydrogens (primary N) is 1. The molecule has 4 aromatic rings. The van der Waals surface area contributed by atoms with Crippen molar-refractivity contribution < 1.29 is 39.5 Å². The summed E-state index contributed by atoms with van der Waals surface area (Å²) in [6.45, 7) is 0. The van der Waals surface area contributed by atoms with Crippen LogP contribution in [0.25, 0.3) is 5.65 Å². The summed E-state index contributed by atoms with van der Waals surface area (Å²) in [5.41, 5.74) is -1.66. The first-order valence-corrected chi connectivity index (χ1v) is 10.6. The Hall–Kier alpha value is -3.00. The fraction of sp³-hybridized carbons (Fsp3) is 0.235. The van der Waals surface area contributed by atoms with Crippen molar-refractivity contribution in [3.05, 3.63) is 61.8 Å². The van der Waals surface area contributed by atoms with E-state index in [4.69, 9.17) is 52.2 Å². The van der Waals surface area contributed by atoms with Crippen LogP contribution < -0.4 is 11.3 Å². The van der Waals surface area contributed by atoms with Gasteiger partial charge in [-0.25, -0.2) is 5.84 Å². The van der Waals surface area contributed by atoms with E-state index < -0.39 is 46.2 Å². The fourth-order valence-electron chi connectivity index (χ4n) is 2.25. The Morgan fingerprint density at radius 3 is 1.60 bits per heavy atom. The Labute approximate surface area is 236 Å². The van der Waals surface area contributed by atoms with Gasteiger partial charge in [0.25, 0.3) is 0 Å². The Morgan fingerprint density at radius 1 is 0.650 bits per heavy atom. The number of fused-ring (bicyclic) bond motifs is 1. The van der Waals surface area contributed by atoms with Crippen molar-refractivity contribution in [3.63, 3.8) is 0 Å². The van der Waals surface area contributed by atoms with Crippen LogP contribution in [-0.2, 0) is 18.5 Å². The molecular weight excluding hydrogens is 657 g/mol. The molecule has 0 aliphatic rings. The number of rotatable bonds is 1. The van der Waals surface area contributed by atoms with Crippen LogP contribution in [0.5, 0.6) is 0 Å². The van der Waals surface area contributed by atoms with Gasteiger partial charge in [-0.2, -0.15) is 49.1 Å². The Kier molecular flexibility index (Phi) is 11.9. The van der Waals surface area contributed by atoms with E-state index in [2.05, 4.69) is 35.7 Å². The highest BCUT2D eigenvalue weighted by Crippen LogP contribution is 2.35. The first-order valence-electron chi connectivity index (χ1n) is 9.11. The van der Waals surface area contributed by atoms with Gasteiger partial charge in [-0.3, -0.25) is 0 Å². The van der Waals surface area contributed by atoms with E-state index in [0.29, 0.717) is 18.2 Å². The number of hydrazine groups is 1. The molecule has 0 spiro atoms. The first kappa shape index (κ1) is 35.0. The molecular formula is C17H11Cl4F9N10. The predicted octanol–water partition coefficient (Wildman–Crippen LogP) is 6.67. The second kappa shape index (κ2) is 13.6. The summed E-state index contributed by atoms with van der Waals surface area (Å²) in [7, 11) is 0. The highest BCUT2D eigenvalue weighted by atomic mass is 35.5. The maximum atomic E-state index is 12.4. The van der Waals surface area contributed by atoms with Crippen LogP contribution >= 0.6 is 46.4 Å². The van der Waals surface area contributed by atoms with E-state index in [-0.39, 0.29) is 28.5 Å². The molecule has 0 unspecified atom stereocenters. The van der Waals surface area contributed by atoms with E-state index in [1.54, 1.807) is 5.43 Å². The minimum Gasteiger partial charge on any atom is -0.306 e. The number of alkyl halides is 9. The molecule has 10 nitrogen and oxygen atoms in total. The van der Waals surface area contributed by atoms with E-state index >= 15 is 0 Å². The quantitative estimate of drug-likeness (QED) is 0.130. The Morgan fingerprint density at radius 2 is 1.12 bits per heavy atom. The molecule has 0 aliphatic heterocycles. The van der Waals surface area contributed by atoms with Gasteiger partial charge in [0.15, 0.2) is 32.1 Å². The molecule has 0 atom stereocenters. The van der Waals surface area contributed by atoms with Crippen LogP contribution in [0, 0.1) is 0 Å². The van der Waals surface area contributed by atoms with Crippen molar-refractivity contribution in [2.45, 2.75) is 26.0 Å². The summed E-state index contributed by atoms with van der Waals surface area (Å²) >= 11 is 21.0. The standard InChI is InChI=1S/C6H2ClF3N4.C5HCl2F3N2.C5H4ClF3N4.CH4/c7-4-1-3(6(8,9)10)5-12-11-2-14(5)13-4;6-3-1-2(5(8,9)10)4(7)12-11-3;6-3-1-2(5(7,8)9)4(11-10)13-12-3;/h1-2H;1H;1H,10H2,(H,11,13);1H4. The van der Waals surface area contributed by atoms with Gasteiger partial charge in [0.05, 0.1) is 5.56 Å². The Bertz CT molecular complexity index is 1430. The summed E-state index contributed by atoms with van der Waals surface area (Å²) in [4.78, 5) is 0. The zero-order chi connectivity index (χ0) is 29.8. The molecule has 0 amide bonds. The number of halogens is 13. The molecule has 4 heterocycles. The largest absolute Gasteiger partial charge is 0.420 e. The normalized spacial score (nSPS) is 11.6. The van der Waals surface area contributed by atoms with Crippen molar-refractivity contribution in [1.29, 1.82) is 0 Å². The fourth-order valence-corrected chi connectivity index (χ4v) is 2.93. The van der Waals surface area contributed by atoms with Crippen LogP contribution in [0.15, 0.2) is 24.5 Å². The average Bonchev–Trinajstić information content (AvgIpc) is 3.27.